The molecule has 0 radical (unpaired) electrons. The Hall–Kier alpha value is 0.270. The summed E-state index contributed by atoms with van der Waals surface area (Å²) in [4.78, 5) is 0. The topological polar surface area (TPSA) is 29.5 Å². The van der Waals surface area contributed by atoms with Crippen LogP contribution < -0.4 is 0 Å². The maximum Gasteiger partial charge on any atom is 0.102 e. The molecule has 84 valence electrons. The molecule has 0 bridgehead atoms. The first kappa shape index (κ1) is 12.3. The summed E-state index contributed by atoms with van der Waals surface area (Å²) in [5.74, 6) is 1.95. The molecule has 1 heterocycles. The molecule has 0 amide bonds. The van der Waals surface area contributed by atoms with E-state index in [-0.39, 0.29) is 11.5 Å². The van der Waals surface area contributed by atoms with E-state index in [1.807, 2.05) is 25.6 Å². The Morgan fingerprint density at radius 1 is 1.43 bits per heavy atom. The van der Waals surface area contributed by atoms with Crippen LogP contribution in [0.4, 0.5) is 0 Å². The maximum absolute atomic E-state index is 10.5. The first-order chi connectivity index (χ1) is 6.37. The van der Waals surface area contributed by atoms with Gasteiger partial charge in [0.05, 0.1) is 12.7 Å². The van der Waals surface area contributed by atoms with Gasteiger partial charge in [-0.05, 0) is 31.4 Å². The monoisotopic (exact) mass is 218 g/mol. The van der Waals surface area contributed by atoms with Gasteiger partial charge in [-0.3, -0.25) is 0 Å². The van der Waals surface area contributed by atoms with Crippen LogP contribution in [-0.2, 0) is 4.74 Å². The van der Waals surface area contributed by atoms with Crippen molar-refractivity contribution in [1.29, 1.82) is 0 Å². The van der Waals surface area contributed by atoms with Crippen LogP contribution >= 0.6 is 11.8 Å². The van der Waals surface area contributed by atoms with Gasteiger partial charge in [0, 0.05) is 5.75 Å². The van der Waals surface area contributed by atoms with Crippen molar-refractivity contribution in [2.24, 2.45) is 5.41 Å². The van der Waals surface area contributed by atoms with E-state index in [1.165, 1.54) is 0 Å². The molecule has 1 N–H and O–H groups in total. The third-order valence-corrected chi connectivity index (χ3v) is 4.30. The van der Waals surface area contributed by atoms with Gasteiger partial charge in [0.15, 0.2) is 0 Å². The maximum atomic E-state index is 10.5. The van der Waals surface area contributed by atoms with Gasteiger partial charge in [0.2, 0.25) is 0 Å². The number of rotatable bonds is 3. The van der Waals surface area contributed by atoms with Crippen LogP contribution in [0.15, 0.2) is 0 Å². The van der Waals surface area contributed by atoms with E-state index in [4.69, 9.17) is 4.74 Å². The van der Waals surface area contributed by atoms with Crippen molar-refractivity contribution in [3.05, 3.63) is 0 Å². The number of thioether (sulfide) groups is 1. The number of hydrogen-bond acceptors (Lipinski definition) is 3. The fourth-order valence-electron chi connectivity index (χ4n) is 1.54. The molecular weight excluding hydrogens is 196 g/mol. The van der Waals surface area contributed by atoms with Crippen LogP contribution in [0.2, 0.25) is 0 Å². The van der Waals surface area contributed by atoms with E-state index in [0.29, 0.717) is 6.61 Å². The second-order valence-electron chi connectivity index (χ2n) is 5.08. The fourth-order valence-corrected chi connectivity index (χ4v) is 3.15. The predicted octanol–water partition coefficient (Wildman–Crippen LogP) is 2.31. The molecule has 14 heavy (non-hydrogen) atoms. The Morgan fingerprint density at radius 2 is 2.07 bits per heavy atom. The molecule has 0 aromatic heterocycles. The molecule has 1 fully saturated rings. The third-order valence-electron chi connectivity index (χ3n) is 3.13. The van der Waals surface area contributed by atoms with Gasteiger partial charge >= 0.3 is 0 Å². The molecule has 1 saturated heterocycles. The quantitative estimate of drug-likeness (QED) is 0.788. The first-order valence-corrected chi connectivity index (χ1v) is 6.45. The lowest BCUT2D eigenvalue weighted by Gasteiger charge is -2.46. The molecule has 3 heteroatoms. The van der Waals surface area contributed by atoms with Gasteiger partial charge in [-0.25, -0.2) is 0 Å². The molecule has 1 unspecified atom stereocenters. The molecular formula is C11H22O2S. The van der Waals surface area contributed by atoms with Crippen LogP contribution in [0.25, 0.3) is 0 Å². The van der Waals surface area contributed by atoms with Crippen molar-refractivity contribution in [3.8, 4) is 0 Å². The van der Waals surface area contributed by atoms with Crippen LogP contribution in [-0.4, -0.2) is 34.9 Å². The highest BCUT2D eigenvalue weighted by molar-refractivity contribution is 7.99. The minimum absolute atomic E-state index is 0.0207. The summed E-state index contributed by atoms with van der Waals surface area (Å²) in [5.41, 5.74) is -0.673. The van der Waals surface area contributed by atoms with E-state index in [2.05, 4.69) is 13.8 Å². The molecule has 0 spiro atoms. The zero-order valence-corrected chi connectivity index (χ0v) is 10.5. The smallest absolute Gasteiger partial charge is 0.102 e. The number of aliphatic hydroxyl groups is 1. The molecule has 0 aromatic rings. The minimum Gasteiger partial charge on any atom is -0.386 e. The zero-order valence-electron chi connectivity index (χ0n) is 9.67. The predicted molar refractivity (Wildman–Crippen MR) is 61.8 cm³/mol. The van der Waals surface area contributed by atoms with Crippen LogP contribution in [0.1, 0.15) is 34.1 Å². The second kappa shape index (κ2) is 4.42. The summed E-state index contributed by atoms with van der Waals surface area (Å²) < 4.78 is 5.56. The Kier molecular flexibility index (Phi) is 3.89. The lowest BCUT2D eigenvalue weighted by atomic mass is 9.74. The average molecular weight is 218 g/mol. The molecule has 1 rings (SSSR count). The van der Waals surface area contributed by atoms with Crippen LogP contribution in [0.5, 0.6) is 0 Å². The van der Waals surface area contributed by atoms with E-state index in [1.54, 1.807) is 0 Å². The summed E-state index contributed by atoms with van der Waals surface area (Å²) in [7, 11) is 0. The summed E-state index contributed by atoms with van der Waals surface area (Å²) in [6, 6.07) is 0. The average Bonchev–Trinajstić information content (AvgIpc) is 2.07. The SMILES string of the molecule is CC(C)OCC1(O)CSCCC1(C)C. The molecule has 0 aromatic carbocycles. The lowest BCUT2D eigenvalue weighted by molar-refractivity contribution is -0.118. The standard InChI is InChI=1S/C11H22O2S/c1-9(2)13-7-11(12)8-14-6-5-10(11,3)4/h9,12H,5-8H2,1-4H3. The van der Waals surface area contributed by atoms with Crippen LogP contribution in [0, 0.1) is 5.41 Å². The third kappa shape index (κ3) is 2.65. The molecule has 2 nitrogen and oxygen atoms in total. The number of hydrogen-bond donors (Lipinski definition) is 1. The summed E-state index contributed by atoms with van der Waals surface area (Å²) >= 11 is 1.83. The highest BCUT2D eigenvalue weighted by Gasteiger charge is 2.45. The first-order valence-electron chi connectivity index (χ1n) is 5.29. The van der Waals surface area contributed by atoms with Gasteiger partial charge < -0.3 is 9.84 Å². The molecule has 0 aliphatic carbocycles. The van der Waals surface area contributed by atoms with Crippen molar-refractivity contribution < 1.29 is 9.84 Å². The van der Waals surface area contributed by atoms with Crippen molar-refractivity contribution in [2.75, 3.05) is 18.1 Å². The summed E-state index contributed by atoms with van der Waals surface area (Å²) in [6.07, 6.45) is 1.26. The Labute approximate surface area is 91.4 Å². The summed E-state index contributed by atoms with van der Waals surface area (Å²) in [6.45, 7) is 8.75. The van der Waals surface area contributed by atoms with Crippen molar-refractivity contribution in [2.45, 2.75) is 45.8 Å². The Morgan fingerprint density at radius 3 is 2.57 bits per heavy atom. The van der Waals surface area contributed by atoms with Crippen molar-refractivity contribution >= 4 is 11.8 Å². The molecule has 1 aliphatic heterocycles. The highest BCUT2D eigenvalue weighted by atomic mass is 32.2. The minimum atomic E-state index is -0.653. The van der Waals surface area contributed by atoms with E-state index < -0.39 is 5.60 Å². The Balaban J connectivity index is 2.59. The lowest BCUT2D eigenvalue weighted by Crippen LogP contribution is -2.53. The molecule has 0 saturated carbocycles. The van der Waals surface area contributed by atoms with Crippen LogP contribution in [0.3, 0.4) is 0 Å². The van der Waals surface area contributed by atoms with E-state index in [9.17, 15) is 5.11 Å². The van der Waals surface area contributed by atoms with E-state index in [0.717, 1.165) is 17.9 Å². The van der Waals surface area contributed by atoms with Crippen molar-refractivity contribution in [3.63, 3.8) is 0 Å². The Bertz CT molecular complexity index is 192. The van der Waals surface area contributed by atoms with Gasteiger partial charge in [-0.1, -0.05) is 13.8 Å². The van der Waals surface area contributed by atoms with Crippen molar-refractivity contribution in [1.82, 2.24) is 0 Å². The number of ether oxygens (including phenoxy) is 1. The van der Waals surface area contributed by atoms with Gasteiger partial charge in [0.25, 0.3) is 0 Å². The molecule has 1 atom stereocenters. The zero-order chi connectivity index (χ0) is 10.8. The second-order valence-corrected chi connectivity index (χ2v) is 6.18. The van der Waals surface area contributed by atoms with Gasteiger partial charge in [-0.2, -0.15) is 11.8 Å². The van der Waals surface area contributed by atoms with Gasteiger partial charge in [0.1, 0.15) is 5.60 Å². The summed E-state index contributed by atoms with van der Waals surface area (Å²) in [5, 5.41) is 10.5. The normalized spacial score (nSPS) is 32.1. The largest absolute Gasteiger partial charge is 0.386 e. The molecule has 1 aliphatic rings. The van der Waals surface area contributed by atoms with Gasteiger partial charge in [-0.15, -0.1) is 0 Å². The fraction of sp³-hybridized carbons (Fsp3) is 1.00. The highest BCUT2D eigenvalue weighted by Crippen LogP contribution is 2.42. The van der Waals surface area contributed by atoms with E-state index >= 15 is 0 Å².